The molecule has 0 bridgehead atoms. The number of benzene rings is 1. The van der Waals surface area contributed by atoms with E-state index < -0.39 is 0 Å². The minimum atomic E-state index is -0.172. The Balaban J connectivity index is 1.86. The summed E-state index contributed by atoms with van der Waals surface area (Å²) in [4.78, 5) is 13.3. The minimum Gasteiger partial charge on any atom is -0.466 e. The van der Waals surface area contributed by atoms with Gasteiger partial charge in [-0.3, -0.25) is 9.69 Å². The number of carbonyl (C=O) groups excluding carboxylic acids is 1. The molecule has 5 nitrogen and oxygen atoms in total. The lowest BCUT2D eigenvalue weighted by Crippen LogP contribution is -2.22. The van der Waals surface area contributed by atoms with Gasteiger partial charge in [-0.1, -0.05) is 35.5 Å². The highest BCUT2D eigenvalue weighted by Gasteiger charge is 2.10. The van der Waals surface area contributed by atoms with Gasteiger partial charge in [-0.05, 0) is 14.0 Å². The number of hydrogen-bond donors (Lipinski definition) is 0. The van der Waals surface area contributed by atoms with Gasteiger partial charge in [-0.2, -0.15) is 0 Å². The fourth-order valence-electron chi connectivity index (χ4n) is 2.00. The predicted molar refractivity (Wildman–Crippen MR) is 79.5 cm³/mol. The summed E-state index contributed by atoms with van der Waals surface area (Å²) < 4.78 is 10.3. The van der Waals surface area contributed by atoms with Gasteiger partial charge >= 0.3 is 5.97 Å². The molecule has 0 aliphatic carbocycles. The van der Waals surface area contributed by atoms with Crippen molar-refractivity contribution < 1.29 is 14.1 Å². The third-order valence-corrected chi connectivity index (χ3v) is 3.05. The van der Waals surface area contributed by atoms with Crippen molar-refractivity contribution >= 4 is 5.97 Å². The summed E-state index contributed by atoms with van der Waals surface area (Å²) in [5, 5.41) is 4.06. The van der Waals surface area contributed by atoms with Gasteiger partial charge in [0.25, 0.3) is 0 Å². The van der Waals surface area contributed by atoms with Crippen molar-refractivity contribution in [1.29, 1.82) is 0 Å². The van der Waals surface area contributed by atoms with Crippen molar-refractivity contribution in [2.45, 2.75) is 19.9 Å². The highest BCUT2D eigenvalue weighted by molar-refractivity contribution is 5.69. The Hall–Kier alpha value is -2.14. The monoisotopic (exact) mass is 288 g/mol. The number of aromatic nitrogens is 1. The number of esters is 1. The van der Waals surface area contributed by atoms with Crippen LogP contribution >= 0.6 is 0 Å². The maximum atomic E-state index is 11.3. The van der Waals surface area contributed by atoms with E-state index in [1.165, 1.54) is 0 Å². The summed E-state index contributed by atoms with van der Waals surface area (Å²) in [6.45, 7) is 3.50. The number of nitrogens with zero attached hydrogens (tertiary/aromatic N) is 2. The zero-order chi connectivity index (χ0) is 15.1. The van der Waals surface area contributed by atoms with E-state index in [1.54, 1.807) is 0 Å². The molecule has 0 aliphatic heterocycles. The first-order valence-corrected chi connectivity index (χ1v) is 7.04. The van der Waals surface area contributed by atoms with Crippen molar-refractivity contribution in [2.24, 2.45) is 0 Å². The summed E-state index contributed by atoms with van der Waals surface area (Å²) >= 11 is 0. The Kier molecular flexibility index (Phi) is 5.51. The largest absolute Gasteiger partial charge is 0.466 e. The summed E-state index contributed by atoms with van der Waals surface area (Å²) in [5.74, 6) is 0.582. The average molecular weight is 288 g/mol. The Bertz CT molecular complexity index is 566. The molecule has 1 heterocycles. The second-order valence-electron chi connectivity index (χ2n) is 4.84. The third-order valence-electron chi connectivity index (χ3n) is 3.05. The van der Waals surface area contributed by atoms with Crippen molar-refractivity contribution in [2.75, 3.05) is 20.2 Å². The normalized spacial score (nSPS) is 10.8. The van der Waals surface area contributed by atoms with Gasteiger partial charge in [0.05, 0.1) is 18.7 Å². The fourth-order valence-corrected chi connectivity index (χ4v) is 2.00. The smallest absolute Gasteiger partial charge is 0.307 e. The van der Waals surface area contributed by atoms with Crippen LogP contribution in [0.5, 0.6) is 0 Å². The van der Waals surface area contributed by atoms with E-state index in [0.717, 1.165) is 17.0 Å². The molecule has 2 aromatic rings. The number of ether oxygens (including phenoxy) is 1. The van der Waals surface area contributed by atoms with Crippen LogP contribution in [-0.4, -0.2) is 36.2 Å². The fraction of sp³-hybridized carbons (Fsp3) is 0.375. The lowest BCUT2D eigenvalue weighted by Gasteiger charge is -2.13. The van der Waals surface area contributed by atoms with Crippen LogP contribution in [0.15, 0.2) is 40.9 Å². The molecule has 0 atom stereocenters. The first-order valence-electron chi connectivity index (χ1n) is 7.04. The molecule has 1 aromatic heterocycles. The number of rotatable bonds is 7. The van der Waals surface area contributed by atoms with E-state index in [9.17, 15) is 4.79 Å². The van der Waals surface area contributed by atoms with Crippen LogP contribution in [0.3, 0.4) is 0 Å². The van der Waals surface area contributed by atoms with Crippen LogP contribution in [0.2, 0.25) is 0 Å². The topological polar surface area (TPSA) is 55.6 Å². The first-order chi connectivity index (χ1) is 10.2. The molecule has 21 heavy (non-hydrogen) atoms. The van der Waals surface area contributed by atoms with Crippen molar-refractivity contribution in [3.63, 3.8) is 0 Å². The molecule has 0 unspecified atom stereocenters. The zero-order valence-corrected chi connectivity index (χ0v) is 12.4. The minimum absolute atomic E-state index is 0.172. The molecule has 2 rings (SSSR count). The zero-order valence-electron chi connectivity index (χ0n) is 12.4. The SMILES string of the molecule is CCOC(=O)CCN(C)Cc1cc(-c2ccccc2)on1. The summed E-state index contributed by atoms with van der Waals surface area (Å²) in [6, 6.07) is 11.8. The maximum absolute atomic E-state index is 11.3. The molecule has 0 N–H and O–H groups in total. The lowest BCUT2D eigenvalue weighted by molar-refractivity contribution is -0.143. The molecule has 0 fully saturated rings. The quantitative estimate of drug-likeness (QED) is 0.733. The van der Waals surface area contributed by atoms with Gasteiger partial charge in [0, 0.05) is 24.7 Å². The summed E-state index contributed by atoms with van der Waals surface area (Å²) in [6.07, 6.45) is 0.383. The van der Waals surface area contributed by atoms with Crippen molar-refractivity contribution in [1.82, 2.24) is 10.1 Å². The van der Waals surface area contributed by atoms with Crippen LogP contribution in [-0.2, 0) is 16.1 Å². The van der Waals surface area contributed by atoms with Gasteiger partial charge in [-0.15, -0.1) is 0 Å². The first kappa shape index (κ1) is 15.3. The number of carbonyl (C=O) groups is 1. The molecule has 0 saturated heterocycles. The van der Waals surface area contributed by atoms with Crippen LogP contribution in [0.4, 0.5) is 0 Å². The molecule has 0 aliphatic rings. The van der Waals surface area contributed by atoms with Gasteiger partial charge in [0.2, 0.25) is 0 Å². The maximum Gasteiger partial charge on any atom is 0.307 e. The van der Waals surface area contributed by atoms with Crippen molar-refractivity contribution in [3.05, 3.63) is 42.1 Å². The second kappa shape index (κ2) is 7.59. The number of hydrogen-bond acceptors (Lipinski definition) is 5. The van der Waals surface area contributed by atoms with Crippen LogP contribution in [0.1, 0.15) is 19.0 Å². The van der Waals surface area contributed by atoms with Crippen LogP contribution < -0.4 is 0 Å². The summed E-state index contributed by atoms with van der Waals surface area (Å²) in [5.41, 5.74) is 1.85. The van der Waals surface area contributed by atoms with E-state index in [-0.39, 0.29) is 5.97 Å². The molecule has 0 spiro atoms. The molecule has 112 valence electrons. The van der Waals surface area contributed by atoms with Crippen molar-refractivity contribution in [3.8, 4) is 11.3 Å². The third kappa shape index (κ3) is 4.72. The Morgan fingerprint density at radius 2 is 2.10 bits per heavy atom. The Morgan fingerprint density at radius 3 is 2.81 bits per heavy atom. The van der Waals surface area contributed by atoms with E-state index >= 15 is 0 Å². The average Bonchev–Trinajstić information content (AvgIpc) is 2.95. The second-order valence-corrected chi connectivity index (χ2v) is 4.84. The standard InChI is InChI=1S/C16H20N2O3/c1-3-20-16(19)9-10-18(2)12-14-11-15(21-17-14)13-7-5-4-6-8-13/h4-8,11H,3,9-10,12H2,1-2H3. The van der Waals surface area contributed by atoms with Gasteiger partial charge in [-0.25, -0.2) is 0 Å². The van der Waals surface area contributed by atoms with Crippen LogP contribution in [0.25, 0.3) is 11.3 Å². The van der Waals surface area contributed by atoms with E-state index in [2.05, 4.69) is 5.16 Å². The van der Waals surface area contributed by atoms with Gasteiger partial charge in [0.1, 0.15) is 0 Å². The highest BCUT2D eigenvalue weighted by atomic mass is 16.5. The molecule has 0 radical (unpaired) electrons. The van der Waals surface area contributed by atoms with Crippen LogP contribution in [0, 0.1) is 0 Å². The molecule has 0 saturated carbocycles. The predicted octanol–water partition coefficient (Wildman–Crippen LogP) is 2.73. The van der Waals surface area contributed by atoms with E-state index in [1.807, 2.05) is 55.3 Å². The Morgan fingerprint density at radius 1 is 1.33 bits per heavy atom. The highest BCUT2D eigenvalue weighted by Crippen LogP contribution is 2.20. The molecule has 5 heteroatoms. The van der Waals surface area contributed by atoms with Gasteiger partial charge < -0.3 is 9.26 Å². The Labute approximate surface area is 124 Å². The van der Waals surface area contributed by atoms with Gasteiger partial charge in [0.15, 0.2) is 5.76 Å². The van der Waals surface area contributed by atoms with E-state index in [0.29, 0.717) is 26.1 Å². The lowest BCUT2D eigenvalue weighted by atomic mass is 10.1. The van der Waals surface area contributed by atoms with E-state index in [4.69, 9.17) is 9.26 Å². The molecular weight excluding hydrogens is 268 g/mol. The molecule has 0 amide bonds. The molecule has 1 aromatic carbocycles. The summed E-state index contributed by atoms with van der Waals surface area (Å²) in [7, 11) is 1.94. The molecular formula is C16H20N2O3.